The van der Waals surface area contributed by atoms with Crippen LogP contribution in [0.4, 0.5) is 5.00 Å². The second-order valence-corrected chi connectivity index (χ2v) is 6.38. The van der Waals surface area contributed by atoms with Crippen molar-refractivity contribution in [1.29, 1.82) is 0 Å². The predicted molar refractivity (Wildman–Crippen MR) is 86.6 cm³/mol. The molecule has 0 spiro atoms. The smallest absolute Gasteiger partial charge is 0.324 e. The largest absolute Gasteiger partial charge is 0.355 e. The summed E-state index contributed by atoms with van der Waals surface area (Å²) in [6.07, 6.45) is 0.904. The summed E-state index contributed by atoms with van der Waals surface area (Å²) in [6, 6.07) is 2.85. The van der Waals surface area contributed by atoms with E-state index in [2.05, 4.69) is 5.32 Å². The molecule has 0 bridgehead atoms. The molecule has 0 radical (unpaired) electrons. The standard InChI is InChI=1S/C14H20N4O4S/c1-2-5-15-12(19)10-16-6-8-17(9-7-16)14(20)11-3-4-13(23-11)18(21)22/h3-4H,2,5-10H2,1H3,(H,15,19). The third kappa shape index (κ3) is 4.73. The van der Waals surface area contributed by atoms with Crippen LogP contribution in [0.3, 0.4) is 0 Å². The number of carbonyl (C=O) groups is 2. The van der Waals surface area contributed by atoms with Crippen molar-refractivity contribution in [3.63, 3.8) is 0 Å². The Kier molecular flexibility index (Phi) is 6.05. The van der Waals surface area contributed by atoms with Gasteiger partial charge in [0, 0.05) is 38.8 Å². The zero-order valence-electron chi connectivity index (χ0n) is 13.0. The fourth-order valence-corrected chi connectivity index (χ4v) is 3.12. The van der Waals surface area contributed by atoms with E-state index >= 15 is 0 Å². The van der Waals surface area contributed by atoms with Gasteiger partial charge in [0.1, 0.15) is 0 Å². The molecule has 2 rings (SSSR count). The minimum atomic E-state index is -0.492. The maximum Gasteiger partial charge on any atom is 0.324 e. The van der Waals surface area contributed by atoms with E-state index in [1.165, 1.54) is 12.1 Å². The van der Waals surface area contributed by atoms with Gasteiger partial charge in [0.2, 0.25) is 5.91 Å². The van der Waals surface area contributed by atoms with E-state index < -0.39 is 4.92 Å². The Morgan fingerprint density at radius 3 is 2.57 bits per heavy atom. The molecule has 1 saturated heterocycles. The van der Waals surface area contributed by atoms with Crippen LogP contribution >= 0.6 is 11.3 Å². The molecule has 1 aliphatic heterocycles. The fraction of sp³-hybridized carbons (Fsp3) is 0.571. The number of rotatable bonds is 6. The first kappa shape index (κ1) is 17.4. The molecule has 0 aliphatic carbocycles. The molecular weight excluding hydrogens is 320 g/mol. The molecule has 23 heavy (non-hydrogen) atoms. The Hall–Kier alpha value is -2.00. The highest BCUT2D eigenvalue weighted by atomic mass is 32.1. The highest BCUT2D eigenvalue weighted by Gasteiger charge is 2.25. The van der Waals surface area contributed by atoms with Crippen molar-refractivity contribution >= 4 is 28.2 Å². The Labute approximate surface area is 138 Å². The molecule has 0 aromatic carbocycles. The molecule has 126 valence electrons. The third-order valence-electron chi connectivity index (χ3n) is 3.58. The molecule has 0 unspecified atom stereocenters. The van der Waals surface area contributed by atoms with Crippen LogP contribution in [0.15, 0.2) is 12.1 Å². The van der Waals surface area contributed by atoms with Gasteiger partial charge >= 0.3 is 5.00 Å². The van der Waals surface area contributed by atoms with Crippen molar-refractivity contribution in [2.45, 2.75) is 13.3 Å². The second-order valence-electron chi connectivity index (χ2n) is 5.31. The fourth-order valence-electron chi connectivity index (χ4n) is 2.33. The minimum absolute atomic E-state index is 0.000470. The van der Waals surface area contributed by atoms with Crippen LogP contribution in [0.2, 0.25) is 0 Å². The van der Waals surface area contributed by atoms with Gasteiger partial charge in [0.15, 0.2) is 0 Å². The monoisotopic (exact) mass is 340 g/mol. The van der Waals surface area contributed by atoms with Crippen LogP contribution in [-0.4, -0.2) is 65.8 Å². The van der Waals surface area contributed by atoms with Crippen molar-refractivity contribution in [2.24, 2.45) is 0 Å². The molecule has 1 aromatic rings. The van der Waals surface area contributed by atoms with Crippen LogP contribution < -0.4 is 5.32 Å². The lowest BCUT2D eigenvalue weighted by Gasteiger charge is -2.34. The average molecular weight is 340 g/mol. The number of piperazine rings is 1. The van der Waals surface area contributed by atoms with Gasteiger partial charge in [-0.2, -0.15) is 0 Å². The number of nitrogens with one attached hydrogen (secondary N) is 1. The van der Waals surface area contributed by atoms with E-state index in [0.717, 1.165) is 17.8 Å². The van der Waals surface area contributed by atoms with E-state index in [1.54, 1.807) is 4.90 Å². The van der Waals surface area contributed by atoms with Crippen molar-refractivity contribution in [3.8, 4) is 0 Å². The van der Waals surface area contributed by atoms with Crippen LogP contribution in [0, 0.1) is 10.1 Å². The summed E-state index contributed by atoms with van der Waals surface area (Å²) in [4.78, 5) is 38.3. The van der Waals surface area contributed by atoms with Crippen LogP contribution in [-0.2, 0) is 4.79 Å². The SMILES string of the molecule is CCCNC(=O)CN1CCN(C(=O)c2ccc([N+](=O)[O-])s2)CC1. The quantitative estimate of drug-likeness (QED) is 0.614. The zero-order valence-corrected chi connectivity index (χ0v) is 13.8. The molecular formula is C14H20N4O4S. The van der Waals surface area contributed by atoms with Crippen LogP contribution in [0.5, 0.6) is 0 Å². The molecule has 8 nitrogen and oxygen atoms in total. The Morgan fingerprint density at radius 1 is 1.30 bits per heavy atom. The molecule has 1 N–H and O–H groups in total. The van der Waals surface area contributed by atoms with Crippen molar-refractivity contribution in [1.82, 2.24) is 15.1 Å². The summed E-state index contributed by atoms with van der Waals surface area (Å²) in [7, 11) is 0. The van der Waals surface area contributed by atoms with E-state index in [0.29, 0.717) is 44.1 Å². The van der Waals surface area contributed by atoms with E-state index in [1.807, 2.05) is 11.8 Å². The second kappa shape index (κ2) is 8.02. The molecule has 1 aromatic heterocycles. The zero-order chi connectivity index (χ0) is 16.8. The normalized spacial score (nSPS) is 15.4. The van der Waals surface area contributed by atoms with Crippen LogP contribution in [0.25, 0.3) is 0 Å². The summed E-state index contributed by atoms with van der Waals surface area (Å²) in [5, 5.41) is 13.5. The maximum absolute atomic E-state index is 12.3. The summed E-state index contributed by atoms with van der Waals surface area (Å²) >= 11 is 0.895. The van der Waals surface area contributed by atoms with Gasteiger partial charge in [-0.25, -0.2) is 0 Å². The number of nitrogens with zero attached hydrogens (tertiary/aromatic N) is 3. The topological polar surface area (TPSA) is 95.8 Å². The van der Waals surface area contributed by atoms with E-state index in [4.69, 9.17) is 0 Å². The lowest BCUT2D eigenvalue weighted by atomic mass is 10.3. The Bertz CT molecular complexity index is 581. The number of thiophene rings is 1. The number of amides is 2. The molecule has 9 heteroatoms. The first-order chi connectivity index (χ1) is 11.0. The first-order valence-corrected chi connectivity index (χ1v) is 8.35. The Balaban J connectivity index is 1.82. The molecule has 0 atom stereocenters. The van der Waals surface area contributed by atoms with Crippen molar-refractivity contribution < 1.29 is 14.5 Å². The highest BCUT2D eigenvalue weighted by Crippen LogP contribution is 2.25. The number of hydrogen-bond acceptors (Lipinski definition) is 6. The minimum Gasteiger partial charge on any atom is -0.355 e. The Morgan fingerprint density at radius 2 is 2.00 bits per heavy atom. The summed E-state index contributed by atoms with van der Waals surface area (Å²) in [5.41, 5.74) is 0. The first-order valence-electron chi connectivity index (χ1n) is 7.53. The summed E-state index contributed by atoms with van der Waals surface area (Å²) < 4.78 is 0. The number of carbonyl (C=O) groups excluding carboxylic acids is 2. The van der Waals surface area contributed by atoms with Crippen LogP contribution in [0.1, 0.15) is 23.0 Å². The number of nitro groups is 1. The van der Waals surface area contributed by atoms with Gasteiger partial charge in [0.25, 0.3) is 5.91 Å². The molecule has 2 heterocycles. The van der Waals surface area contributed by atoms with Gasteiger partial charge in [-0.15, -0.1) is 0 Å². The van der Waals surface area contributed by atoms with E-state index in [-0.39, 0.29) is 16.8 Å². The van der Waals surface area contributed by atoms with Gasteiger partial charge in [-0.05, 0) is 12.5 Å². The van der Waals surface area contributed by atoms with E-state index in [9.17, 15) is 19.7 Å². The molecule has 1 fully saturated rings. The summed E-state index contributed by atoms with van der Waals surface area (Å²) in [6.45, 7) is 5.30. The molecule has 0 saturated carbocycles. The predicted octanol–water partition coefficient (Wildman–Crippen LogP) is 0.940. The lowest BCUT2D eigenvalue weighted by Crippen LogP contribution is -2.51. The van der Waals surface area contributed by atoms with Crippen molar-refractivity contribution in [2.75, 3.05) is 39.3 Å². The van der Waals surface area contributed by atoms with Gasteiger partial charge in [0.05, 0.1) is 16.3 Å². The molecule has 2 amide bonds. The lowest BCUT2D eigenvalue weighted by molar-refractivity contribution is -0.380. The number of hydrogen-bond donors (Lipinski definition) is 1. The third-order valence-corrected chi connectivity index (χ3v) is 4.61. The maximum atomic E-state index is 12.3. The van der Waals surface area contributed by atoms with Gasteiger partial charge in [-0.1, -0.05) is 18.3 Å². The summed E-state index contributed by atoms with van der Waals surface area (Å²) in [5.74, 6) is -0.182. The van der Waals surface area contributed by atoms with Gasteiger partial charge < -0.3 is 10.2 Å². The van der Waals surface area contributed by atoms with Crippen molar-refractivity contribution in [3.05, 3.63) is 27.1 Å². The highest BCUT2D eigenvalue weighted by molar-refractivity contribution is 7.17. The van der Waals surface area contributed by atoms with Gasteiger partial charge in [-0.3, -0.25) is 24.6 Å². The molecule has 1 aliphatic rings. The average Bonchev–Trinajstić information content (AvgIpc) is 3.03.